The second-order valence-corrected chi connectivity index (χ2v) is 5.83. The lowest BCUT2D eigenvalue weighted by molar-refractivity contribution is -0.736. The van der Waals surface area contributed by atoms with E-state index in [1.54, 1.807) is 17.4 Å². The zero-order valence-corrected chi connectivity index (χ0v) is 12.7. The van der Waals surface area contributed by atoms with Gasteiger partial charge in [-0.1, -0.05) is 6.92 Å². The molecule has 2 amide bonds. The lowest BCUT2D eigenvalue weighted by Crippen LogP contribution is -2.98. The molecule has 7 heteroatoms. The van der Waals surface area contributed by atoms with Crippen LogP contribution in [0.25, 0.3) is 0 Å². The van der Waals surface area contributed by atoms with Gasteiger partial charge in [0.25, 0.3) is 0 Å². The fourth-order valence-corrected chi connectivity index (χ4v) is 3.87. The molecule has 2 aliphatic rings. The van der Waals surface area contributed by atoms with E-state index in [4.69, 9.17) is 9.15 Å². The molecule has 0 aliphatic carbocycles. The predicted octanol–water partition coefficient (Wildman–Crippen LogP) is -0.549. The third-order valence-electron chi connectivity index (χ3n) is 5.01. The fourth-order valence-electron chi connectivity index (χ4n) is 3.87. The first kappa shape index (κ1) is 14.8. The van der Waals surface area contributed by atoms with Crippen LogP contribution in [0.5, 0.6) is 0 Å². The molecule has 0 bridgehead atoms. The summed E-state index contributed by atoms with van der Waals surface area (Å²) in [6, 6.07) is 3.09. The number of nitrogens with two attached hydrogens (primary N) is 1. The van der Waals surface area contributed by atoms with Crippen LogP contribution in [0.4, 0.5) is 0 Å². The van der Waals surface area contributed by atoms with E-state index >= 15 is 0 Å². The van der Waals surface area contributed by atoms with Crippen molar-refractivity contribution in [2.45, 2.75) is 24.9 Å². The van der Waals surface area contributed by atoms with E-state index in [9.17, 15) is 14.4 Å². The van der Waals surface area contributed by atoms with E-state index in [1.165, 1.54) is 20.4 Å². The lowest BCUT2D eigenvalue weighted by Gasteiger charge is -2.27. The summed E-state index contributed by atoms with van der Waals surface area (Å²) in [7, 11) is 2.76. The number of nitrogens with zero attached hydrogens (tertiary/aromatic N) is 1. The number of carbonyl (C=O) groups is 3. The minimum Gasteiger partial charge on any atom is -0.464 e. The van der Waals surface area contributed by atoms with Gasteiger partial charge in [0, 0.05) is 13.5 Å². The van der Waals surface area contributed by atoms with Crippen molar-refractivity contribution in [2.75, 3.05) is 14.2 Å². The third kappa shape index (κ3) is 1.68. The highest BCUT2D eigenvalue weighted by Crippen LogP contribution is 2.45. The summed E-state index contributed by atoms with van der Waals surface area (Å²) in [5, 5.41) is 1.77. The van der Waals surface area contributed by atoms with Crippen molar-refractivity contribution < 1.29 is 28.9 Å². The Labute approximate surface area is 127 Å². The molecule has 22 heavy (non-hydrogen) atoms. The Kier molecular flexibility index (Phi) is 3.32. The van der Waals surface area contributed by atoms with Crippen LogP contribution in [0.3, 0.4) is 0 Å². The highest BCUT2D eigenvalue weighted by Gasteiger charge is 2.71. The molecule has 118 valence electrons. The quantitative estimate of drug-likeness (QED) is 0.597. The van der Waals surface area contributed by atoms with Gasteiger partial charge in [-0.15, -0.1) is 0 Å². The first-order valence-corrected chi connectivity index (χ1v) is 7.27. The molecule has 3 rings (SSSR count). The summed E-state index contributed by atoms with van der Waals surface area (Å²) in [5.41, 5.74) is -1.09. The smallest absolute Gasteiger partial charge is 0.368 e. The van der Waals surface area contributed by atoms with Crippen molar-refractivity contribution >= 4 is 17.8 Å². The van der Waals surface area contributed by atoms with Crippen LogP contribution in [0.1, 0.15) is 25.1 Å². The molecule has 3 heterocycles. The third-order valence-corrected chi connectivity index (χ3v) is 5.01. The minimum atomic E-state index is -1.09. The van der Waals surface area contributed by atoms with Crippen molar-refractivity contribution in [2.24, 2.45) is 11.8 Å². The maximum atomic E-state index is 12.6. The fraction of sp³-hybridized carbons (Fsp3) is 0.533. The Morgan fingerprint density at radius 1 is 1.45 bits per heavy atom. The molecule has 0 unspecified atom stereocenters. The van der Waals surface area contributed by atoms with Crippen molar-refractivity contribution in [3.63, 3.8) is 0 Å². The molecule has 0 saturated carbocycles. The van der Waals surface area contributed by atoms with Gasteiger partial charge in [-0.25, -0.2) is 4.79 Å². The standard InChI is InChI=1S/C15H18N2O5/c1-4-15(14(20)21-3)10-9(12(18)17(2)13(10)19)11(16-15)8-6-5-7-22-8/h5-7,9-11,16H,4H2,1-3H3/p+1/t9-,10+,11-,15+/m0/s1. The first-order valence-electron chi connectivity index (χ1n) is 7.27. The van der Waals surface area contributed by atoms with Crippen LogP contribution in [-0.4, -0.2) is 42.4 Å². The van der Waals surface area contributed by atoms with Gasteiger partial charge in [0.2, 0.25) is 17.4 Å². The molecule has 2 N–H and O–H groups in total. The Balaban J connectivity index is 2.13. The maximum absolute atomic E-state index is 12.6. The van der Waals surface area contributed by atoms with E-state index in [1.807, 2.05) is 6.92 Å². The van der Waals surface area contributed by atoms with Crippen LogP contribution < -0.4 is 5.32 Å². The van der Waals surface area contributed by atoms with Crippen molar-refractivity contribution in [1.29, 1.82) is 0 Å². The van der Waals surface area contributed by atoms with E-state index in [0.29, 0.717) is 12.2 Å². The van der Waals surface area contributed by atoms with Crippen molar-refractivity contribution in [3.05, 3.63) is 24.2 Å². The summed E-state index contributed by atoms with van der Waals surface area (Å²) >= 11 is 0. The maximum Gasteiger partial charge on any atom is 0.368 e. The van der Waals surface area contributed by atoms with Gasteiger partial charge >= 0.3 is 5.97 Å². The Morgan fingerprint density at radius 2 is 2.18 bits per heavy atom. The molecule has 2 aliphatic heterocycles. The number of furan rings is 1. The molecule has 0 radical (unpaired) electrons. The zero-order valence-electron chi connectivity index (χ0n) is 12.7. The van der Waals surface area contributed by atoms with Crippen LogP contribution in [0.15, 0.2) is 22.8 Å². The van der Waals surface area contributed by atoms with E-state index in [-0.39, 0.29) is 11.8 Å². The number of ether oxygens (including phenoxy) is 1. The number of carbonyl (C=O) groups excluding carboxylic acids is 3. The number of imide groups is 1. The number of quaternary nitrogens is 1. The molecule has 0 aromatic carbocycles. The summed E-state index contributed by atoms with van der Waals surface area (Å²) in [4.78, 5) is 38.6. The van der Waals surface area contributed by atoms with Gasteiger partial charge in [-0.3, -0.25) is 14.5 Å². The van der Waals surface area contributed by atoms with Crippen LogP contribution >= 0.6 is 0 Å². The lowest BCUT2D eigenvalue weighted by atomic mass is 9.78. The van der Waals surface area contributed by atoms with Gasteiger partial charge < -0.3 is 14.5 Å². The van der Waals surface area contributed by atoms with Gasteiger partial charge in [-0.05, 0) is 12.1 Å². The molecule has 2 fully saturated rings. The first-order chi connectivity index (χ1) is 10.5. The topological polar surface area (TPSA) is 93.4 Å². The molecule has 7 nitrogen and oxygen atoms in total. The Hall–Kier alpha value is -2.15. The monoisotopic (exact) mass is 307 g/mol. The second-order valence-electron chi connectivity index (χ2n) is 5.83. The Morgan fingerprint density at radius 3 is 2.73 bits per heavy atom. The number of hydrogen-bond acceptors (Lipinski definition) is 5. The summed E-state index contributed by atoms with van der Waals surface area (Å²) in [5.74, 6) is -1.82. The van der Waals surface area contributed by atoms with Crippen molar-refractivity contribution in [1.82, 2.24) is 4.90 Å². The predicted molar refractivity (Wildman–Crippen MR) is 73.2 cm³/mol. The number of likely N-dealkylation sites (tertiary alicyclic amines) is 1. The molecule has 0 spiro atoms. The van der Waals surface area contributed by atoms with Crippen LogP contribution in [0, 0.1) is 11.8 Å². The summed E-state index contributed by atoms with van der Waals surface area (Å²) in [6.07, 6.45) is 1.91. The highest BCUT2D eigenvalue weighted by molar-refractivity contribution is 6.08. The molecule has 4 atom stereocenters. The number of hydrogen-bond donors (Lipinski definition) is 1. The van der Waals surface area contributed by atoms with Gasteiger partial charge in [0.1, 0.15) is 11.8 Å². The average Bonchev–Trinajstić information content (AvgIpc) is 3.21. The minimum absolute atomic E-state index is 0.271. The van der Waals surface area contributed by atoms with Crippen molar-refractivity contribution in [3.8, 4) is 0 Å². The molecular weight excluding hydrogens is 288 g/mol. The van der Waals surface area contributed by atoms with E-state index in [0.717, 1.165) is 4.90 Å². The van der Waals surface area contributed by atoms with Crippen LogP contribution in [-0.2, 0) is 19.1 Å². The summed E-state index contributed by atoms with van der Waals surface area (Å²) in [6.45, 7) is 1.82. The average molecular weight is 307 g/mol. The summed E-state index contributed by atoms with van der Waals surface area (Å²) < 4.78 is 10.4. The number of amides is 2. The molecule has 1 aromatic rings. The van der Waals surface area contributed by atoms with Gasteiger partial charge in [-0.2, -0.15) is 0 Å². The molecule has 1 aromatic heterocycles. The highest BCUT2D eigenvalue weighted by atomic mass is 16.5. The number of rotatable bonds is 3. The Bertz CT molecular complexity index is 626. The zero-order chi connectivity index (χ0) is 16.1. The van der Waals surface area contributed by atoms with Gasteiger partial charge in [0.15, 0.2) is 11.8 Å². The number of methoxy groups -OCH3 is 1. The van der Waals surface area contributed by atoms with E-state index in [2.05, 4.69) is 0 Å². The van der Waals surface area contributed by atoms with E-state index < -0.39 is 29.4 Å². The number of esters is 1. The van der Waals surface area contributed by atoms with Crippen LogP contribution in [0.2, 0.25) is 0 Å². The molecule has 2 saturated heterocycles. The SMILES string of the molecule is CC[C@@]1(C(=O)OC)[NH2+][C@@H](c2ccco2)[C@H]2C(=O)N(C)C(=O)[C@@H]21. The largest absolute Gasteiger partial charge is 0.464 e. The number of fused-ring (bicyclic) bond motifs is 1. The van der Waals surface area contributed by atoms with Gasteiger partial charge in [0.05, 0.1) is 13.4 Å². The molecular formula is C15H19N2O5+. The second kappa shape index (κ2) is 4.95. The normalized spacial score (nSPS) is 34.1.